The highest BCUT2D eigenvalue weighted by atomic mass is 35.5. The molecule has 2 N–H and O–H groups in total. The summed E-state index contributed by atoms with van der Waals surface area (Å²) in [4.78, 5) is 23.8. The average molecular weight is 376 g/mol. The molecule has 0 radical (unpaired) electrons. The van der Waals surface area contributed by atoms with Crippen molar-refractivity contribution in [1.82, 2.24) is 14.5 Å². The molecule has 1 aromatic rings. The minimum absolute atomic E-state index is 0.0340. The summed E-state index contributed by atoms with van der Waals surface area (Å²) in [6, 6.07) is 5.82. The summed E-state index contributed by atoms with van der Waals surface area (Å²) in [5, 5.41) is 11.2. The van der Waals surface area contributed by atoms with Crippen molar-refractivity contribution in [3.8, 4) is 0 Å². The van der Waals surface area contributed by atoms with E-state index >= 15 is 0 Å². The van der Waals surface area contributed by atoms with Gasteiger partial charge in [0, 0.05) is 32.7 Å². The van der Waals surface area contributed by atoms with Gasteiger partial charge in [0.2, 0.25) is 10.0 Å². The molecule has 2 rings (SSSR count). The maximum Gasteiger partial charge on any atom is 0.317 e. The lowest BCUT2D eigenvalue weighted by Crippen LogP contribution is -2.53. The Kier molecular flexibility index (Phi) is 6.03. The van der Waals surface area contributed by atoms with Gasteiger partial charge < -0.3 is 15.3 Å². The number of hydrogen-bond donors (Lipinski definition) is 2. The first-order valence-corrected chi connectivity index (χ1v) is 9.13. The second kappa shape index (κ2) is 7.82. The molecule has 0 spiro atoms. The predicted molar refractivity (Wildman–Crippen MR) is 87.4 cm³/mol. The summed E-state index contributed by atoms with van der Waals surface area (Å²) in [5.74, 6) is -0.994. The summed E-state index contributed by atoms with van der Waals surface area (Å²) < 4.78 is 26.5. The molecular formula is C14H18ClN3O5S. The standard InChI is InChI=1S/C14H18ClN3O5S/c15-11-3-1-2-4-12(11)24(22,23)18-9-7-17(8-10-18)14(21)16-6-5-13(19)20/h1-4H,5-10H2,(H,16,21)(H,19,20). The zero-order valence-corrected chi connectivity index (χ0v) is 14.4. The molecule has 0 aromatic heterocycles. The number of rotatable bonds is 5. The van der Waals surface area contributed by atoms with Gasteiger partial charge in [-0.05, 0) is 12.1 Å². The van der Waals surface area contributed by atoms with Gasteiger partial charge in [-0.3, -0.25) is 4.79 Å². The molecule has 0 aliphatic carbocycles. The van der Waals surface area contributed by atoms with Crippen LogP contribution >= 0.6 is 11.6 Å². The molecule has 132 valence electrons. The number of sulfonamides is 1. The largest absolute Gasteiger partial charge is 0.481 e. The lowest BCUT2D eigenvalue weighted by molar-refractivity contribution is -0.136. The van der Waals surface area contributed by atoms with Gasteiger partial charge >= 0.3 is 12.0 Å². The first kappa shape index (κ1) is 18.5. The molecule has 1 heterocycles. The SMILES string of the molecule is O=C(O)CCNC(=O)N1CCN(S(=O)(=O)c2ccccc2Cl)CC1. The van der Waals surface area contributed by atoms with Gasteiger partial charge in [0.25, 0.3) is 0 Å². The van der Waals surface area contributed by atoms with Crippen molar-refractivity contribution in [3.05, 3.63) is 29.3 Å². The Hall–Kier alpha value is -1.84. The Morgan fingerprint density at radius 3 is 2.38 bits per heavy atom. The molecule has 1 aromatic carbocycles. The van der Waals surface area contributed by atoms with Crippen LogP contribution in [0.4, 0.5) is 4.79 Å². The third kappa shape index (κ3) is 4.37. The minimum Gasteiger partial charge on any atom is -0.481 e. The van der Waals surface area contributed by atoms with Gasteiger partial charge in [0.05, 0.1) is 11.4 Å². The van der Waals surface area contributed by atoms with Crippen LogP contribution in [-0.4, -0.2) is 67.5 Å². The quantitative estimate of drug-likeness (QED) is 0.792. The Morgan fingerprint density at radius 1 is 1.17 bits per heavy atom. The van der Waals surface area contributed by atoms with Gasteiger partial charge in [0.15, 0.2) is 0 Å². The maximum atomic E-state index is 12.6. The van der Waals surface area contributed by atoms with Crippen LogP contribution in [-0.2, 0) is 14.8 Å². The van der Waals surface area contributed by atoms with E-state index in [-0.39, 0.29) is 49.1 Å². The highest BCUT2D eigenvalue weighted by Crippen LogP contribution is 2.24. The van der Waals surface area contributed by atoms with Gasteiger partial charge in [-0.25, -0.2) is 13.2 Å². The van der Waals surface area contributed by atoms with E-state index in [0.29, 0.717) is 0 Å². The van der Waals surface area contributed by atoms with Gasteiger partial charge in [-0.1, -0.05) is 23.7 Å². The van der Waals surface area contributed by atoms with Crippen LogP contribution in [0.15, 0.2) is 29.2 Å². The fraction of sp³-hybridized carbons (Fsp3) is 0.429. The van der Waals surface area contributed by atoms with Gasteiger partial charge in [-0.15, -0.1) is 0 Å². The molecule has 0 unspecified atom stereocenters. The molecule has 1 aliphatic heterocycles. The van der Waals surface area contributed by atoms with Crippen molar-refractivity contribution in [3.63, 3.8) is 0 Å². The first-order valence-electron chi connectivity index (χ1n) is 7.31. The van der Waals surface area contributed by atoms with E-state index in [0.717, 1.165) is 0 Å². The Balaban J connectivity index is 1.94. The predicted octanol–water partition coefficient (Wildman–Crippen LogP) is 0.831. The number of amides is 2. The molecule has 0 atom stereocenters. The second-order valence-electron chi connectivity index (χ2n) is 5.20. The van der Waals surface area contributed by atoms with Crippen molar-refractivity contribution in [2.45, 2.75) is 11.3 Å². The van der Waals surface area contributed by atoms with E-state index in [1.54, 1.807) is 12.1 Å². The highest BCUT2D eigenvalue weighted by Gasteiger charge is 2.31. The lowest BCUT2D eigenvalue weighted by Gasteiger charge is -2.34. The number of carboxylic acid groups (broad SMARTS) is 1. The molecule has 2 amide bonds. The van der Waals surface area contributed by atoms with Crippen molar-refractivity contribution in [2.75, 3.05) is 32.7 Å². The van der Waals surface area contributed by atoms with Gasteiger partial charge in [0.1, 0.15) is 4.90 Å². The van der Waals surface area contributed by atoms with Crippen molar-refractivity contribution in [2.24, 2.45) is 0 Å². The molecule has 0 bridgehead atoms. The molecule has 10 heteroatoms. The normalized spacial score (nSPS) is 16.0. The summed E-state index contributed by atoms with van der Waals surface area (Å²) in [5.41, 5.74) is 0. The zero-order chi connectivity index (χ0) is 17.7. The fourth-order valence-electron chi connectivity index (χ4n) is 2.31. The summed E-state index contributed by atoms with van der Waals surface area (Å²) in [6.45, 7) is 0.789. The monoisotopic (exact) mass is 375 g/mol. The highest BCUT2D eigenvalue weighted by molar-refractivity contribution is 7.89. The van der Waals surface area contributed by atoms with Crippen LogP contribution < -0.4 is 5.32 Å². The number of piperazine rings is 1. The average Bonchev–Trinajstić information content (AvgIpc) is 2.54. The lowest BCUT2D eigenvalue weighted by atomic mass is 10.4. The van der Waals surface area contributed by atoms with E-state index in [2.05, 4.69) is 5.32 Å². The van der Waals surface area contributed by atoms with Crippen LogP contribution in [0.2, 0.25) is 5.02 Å². The topological polar surface area (TPSA) is 107 Å². The van der Waals surface area contributed by atoms with Crippen LogP contribution in [0, 0.1) is 0 Å². The maximum absolute atomic E-state index is 12.6. The van der Waals surface area contributed by atoms with Crippen molar-refractivity contribution >= 4 is 33.6 Å². The van der Waals surface area contributed by atoms with Crippen molar-refractivity contribution in [1.29, 1.82) is 0 Å². The number of hydrogen-bond acceptors (Lipinski definition) is 4. The molecule has 1 aliphatic rings. The van der Waals surface area contributed by atoms with E-state index in [4.69, 9.17) is 16.7 Å². The second-order valence-corrected chi connectivity index (χ2v) is 7.51. The Morgan fingerprint density at radius 2 is 1.79 bits per heavy atom. The molecule has 1 fully saturated rings. The Labute approximate surface area is 145 Å². The smallest absolute Gasteiger partial charge is 0.317 e. The number of carbonyl (C=O) groups excluding carboxylic acids is 1. The van der Waals surface area contributed by atoms with Gasteiger partial charge in [-0.2, -0.15) is 4.31 Å². The number of carboxylic acids is 1. The van der Waals surface area contributed by atoms with Crippen LogP contribution in [0.1, 0.15) is 6.42 Å². The third-order valence-electron chi connectivity index (χ3n) is 3.60. The number of nitrogens with zero attached hydrogens (tertiary/aromatic N) is 2. The number of carbonyl (C=O) groups is 2. The van der Waals surface area contributed by atoms with E-state index in [1.807, 2.05) is 0 Å². The number of aliphatic carboxylic acids is 1. The Bertz CT molecular complexity index is 717. The van der Waals surface area contributed by atoms with Crippen molar-refractivity contribution < 1.29 is 23.1 Å². The molecule has 1 saturated heterocycles. The van der Waals surface area contributed by atoms with E-state index < -0.39 is 22.0 Å². The number of urea groups is 1. The number of halogens is 1. The number of nitrogens with one attached hydrogen (secondary N) is 1. The van der Waals surface area contributed by atoms with Crippen LogP contribution in [0.3, 0.4) is 0 Å². The first-order chi connectivity index (χ1) is 11.3. The number of benzene rings is 1. The third-order valence-corrected chi connectivity index (χ3v) is 5.99. The zero-order valence-electron chi connectivity index (χ0n) is 12.8. The van der Waals surface area contributed by atoms with E-state index in [1.165, 1.54) is 21.3 Å². The van der Waals surface area contributed by atoms with Crippen LogP contribution in [0.25, 0.3) is 0 Å². The molecule has 24 heavy (non-hydrogen) atoms. The summed E-state index contributed by atoms with van der Waals surface area (Å²) in [6.07, 6.45) is -0.160. The fourth-order valence-corrected chi connectivity index (χ4v) is 4.23. The minimum atomic E-state index is -3.70. The molecular weight excluding hydrogens is 358 g/mol. The summed E-state index contributed by atoms with van der Waals surface area (Å²) in [7, 11) is -3.70. The van der Waals surface area contributed by atoms with E-state index in [9.17, 15) is 18.0 Å². The van der Waals surface area contributed by atoms with Crippen LogP contribution in [0.5, 0.6) is 0 Å². The summed E-state index contributed by atoms with van der Waals surface area (Å²) >= 11 is 5.96. The molecule has 0 saturated carbocycles. The molecule has 8 nitrogen and oxygen atoms in total.